The zero-order valence-electron chi connectivity index (χ0n) is 17.0. The third-order valence-electron chi connectivity index (χ3n) is 5.89. The van der Waals surface area contributed by atoms with Crippen LogP contribution >= 0.6 is 0 Å². The van der Waals surface area contributed by atoms with Gasteiger partial charge in [0.05, 0.1) is 16.9 Å². The summed E-state index contributed by atoms with van der Waals surface area (Å²) < 4.78 is 1.91. The molecule has 0 saturated heterocycles. The van der Waals surface area contributed by atoms with Gasteiger partial charge in [-0.15, -0.1) is 0 Å². The lowest BCUT2D eigenvalue weighted by Gasteiger charge is -2.17. The number of hydrogen-bond acceptors (Lipinski definition) is 3. The van der Waals surface area contributed by atoms with E-state index in [9.17, 15) is 9.90 Å². The van der Waals surface area contributed by atoms with Crippen molar-refractivity contribution >= 4 is 11.8 Å². The first-order valence-electron chi connectivity index (χ1n) is 10.5. The summed E-state index contributed by atoms with van der Waals surface area (Å²) in [4.78, 5) is 11.2. The van der Waals surface area contributed by atoms with Crippen molar-refractivity contribution in [2.75, 3.05) is 11.9 Å². The van der Waals surface area contributed by atoms with Crippen LogP contribution in [0.2, 0.25) is 0 Å². The highest BCUT2D eigenvalue weighted by Gasteiger charge is 2.26. The van der Waals surface area contributed by atoms with Crippen LogP contribution in [-0.4, -0.2) is 27.4 Å². The van der Waals surface area contributed by atoms with Gasteiger partial charge in [0, 0.05) is 24.4 Å². The standard InChI is InChI=1S/C26H23N3O2/c30-26(31)20-11-13-21(14-12-20)29-25-22(15-16-27-25)24(28-29)17-23(18-7-3-1-4-8-18)19-9-5-2-6-10-19/h1-14,23,27H,15-17H2,(H,30,31). The number of benzene rings is 3. The van der Waals surface area contributed by atoms with Gasteiger partial charge < -0.3 is 10.4 Å². The number of nitrogens with zero attached hydrogens (tertiary/aromatic N) is 2. The lowest BCUT2D eigenvalue weighted by Crippen LogP contribution is -2.09. The van der Waals surface area contributed by atoms with Gasteiger partial charge in [-0.2, -0.15) is 5.10 Å². The summed E-state index contributed by atoms with van der Waals surface area (Å²) in [5, 5.41) is 17.6. The molecule has 1 aromatic heterocycles. The second-order valence-electron chi connectivity index (χ2n) is 7.79. The Kier molecular flexibility index (Phi) is 5.00. The molecule has 154 valence electrons. The predicted octanol–water partition coefficient (Wildman–Crippen LogP) is 4.91. The molecule has 0 spiro atoms. The number of fused-ring (bicyclic) bond motifs is 1. The number of aromatic carboxylic acids is 1. The average molecular weight is 409 g/mol. The van der Waals surface area contributed by atoms with Crippen molar-refractivity contribution in [3.05, 3.63) is 113 Å². The number of hydrogen-bond donors (Lipinski definition) is 2. The molecule has 3 aromatic carbocycles. The van der Waals surface area contributed by atoms with Crippen LogP contribution in [0, 0.1) is 0 Å². The van der Waals surface area contributed by atoms with E-state index in [1.165, 1.54) is 16.7 Å². The summed E-state index contributed by atoms with van der Waals surface area (Å²) in [6, 6.07) is 28.0. The van der Waals surface area contributed by atoms with E-state index in [1.807, 2.05) is 28.9 Å². The number of anilines is 1. The molecule has 31 heavy (non-hydrogen) atoms. The van der Waals surface area contributed by atoms with Crippen LogP contribution in [0.25, 0.3) is 5.69 Å². The molecule has 0 atom stereocenters. The summed E-state index contributed by atoms with van der Waals surface area (Å²) in [7, 11) is 0. The Hall–Kier alpha value is -3.86. The van der Waals surface area contributed by atoms with Crippen molar-refractivity contribution in [2.24, 2.45) is 0 Å². The topological polar surface area (TPSA) is 67.1 Å². The Morgan fingerprint density at radius 1 is 0.935 bits per heavy atom. The monoisotopic (exact) mass is 409 g/mol. The maximum atomic E-state index is 11.2. The molecule has 0 radical (unpaired) electrons. The van der Waals surface area contributed by atoms with Crippen LogP contribution in [0.5, 0.6) is 0 Å². The van der Waals surface area contributed by atoms with Gasteiger partial charge in [-0.1, -0.05) is 60.7 Å². The number of carboxylic acids is 1. The SMILES string of the molecule is O=C(O)c1ccc(-n2nc(CC(c3ccccc3)c3ccccc3)c3c2NCC3)cc1. The zero-order chi connectivity index (χ0) is 21.2. The van der Waals surface area contributed by atoms with Crippen LogP contribution in [0.3, 0.4) is 0 Å². The van der Waals surface area contributed by atoms with Gasteiger partial charge in [0.15, 0.2) is 0 Å². The van der Waals surface area contributed by atoms with E-state index < -0.39 is 5.97 Å². The van der Waals surface area contributed by atoms with Gasteiger partial charge in [0.1, 0.15) is 5.82 Å². The minimum atomic E-state index is -0.926. The normalized spacial score (nSPS) is 12.5. The molecule has 5 heteroatoms. The van der Waals surface area contributed by atoms with Gasteiger partial charge in [0.2, 0.25) is 0 Å². The van der Waals surface area contributed by atoms with Gasteiger partial charge in [-0.05, 0) is 41.8 Å². The number of carboxylic acid groups (broad SMARTS) is 1. The van der Waals surface area contributed by atoms with Crippen molar-refractivity contribution in [3.8, 4) is 5.69 Å². The van der Waals surface area contributed by atoms with E-state index in [4.69, 9.17) is 5.10 Å². The molecule has 0 saturated carbocycles. The first kappa shape index (κ1) is 19.1. The molecule has 0 fully saturated rings. The number of aromatic nitrogens is 2. The molecule has 1 aliphatic heterocycles. The largest absolute Gasteiger partial charge is 0.478 e. The molecule has 4 aromatic rings. The van der Waals surface area contributed by atoms with Crippen molar-refractivity contribution in [1.29, 1.82) is 0 Å². The third-order valence-corrected chi connectivity index (χ3v) is 5.89. The van der Waals surface area contributed by atoms with E-state index in [1.54, 1.807) is 12.1 Å². The van der Waals surface area contributed by atoms with E-state index in [0.717, 1.165) is 36.6 Å². The van der Waals surface area contributed by atoms with Gasteiger partial charge >= 0.3 is 5.97 Å². The quantitative estimate of drug-likeness (QED) is 0.475. The minimum Gasteiger partial charge on any atom is -0.478 e. The maximum Gasteiger partial charge on any atom is 0.335 e. The predicted molar refractivity (Wildman–Crippen MR) is 121 cm³/mol. The zero-order valence-corrected chi connectivity index (χ0v) is 17.0. The van der Waals surface area contributed by atoms with Crippen LogP contribution < -0.4 is 5.32 Å². The van der Waals surface area contributed by atoms with Crippen LogP contribution in [-0.2, 0) is 12.8 Å². The van der Waals surface area contributed by atoms with Gasteiger partial charge in [-0.25, -0.2) is 9.48 Å². The Balaban J connectivity index is 1.54. The fraction of sp³-hybridized carbons (Fsp3) is 0.154. The molecule has 0 amide bonds. The summed E-state index contributed by atoms with van der Waals surface area (Å²) in [6.07, 6.45) is 1.74. The average Bonchev–Trinajstić information content (AvgIpc) is 3.42. The number of nitrogens with one attached hydrogen (secondary N) is 1. The van der Waals surface area contributed by atoms with E-state index in [-0.39, 0.29) is 11.5 Å². The highest BCUT2D eigenvalue weighted by molar-refractivity contribution is 5.87. The molecule has 1 aliphatic rings. The summed E-state index contributed by atoms with van der Waals surface area (Å²) in [5.74, 6) is 0.299. The fourth-order valence-electron chi connectivity index (χ4n) is 4.33. The summed E-state index contributed by atoms with van der Waals surface area (Å²) in [6.45, 7) is 0.884. The van der Waals surface area contributed by atoms with Gasteiger partial charge in [-0.3, -0.25) is 0 Å². The number of rotatable bonds is 6. The first-order valence-corrected chi connectivity index (χ1v) is 10.5. The summed E-state index contributed by atoms with van der Waals surface area (Å²) >= 11 is 0. The van der Waals surface area contributed by atoms with Crippen LogP contribution in [0.1, 0.15) is 38.7 Å². The Morgan fingerprint density at radius 2 is 1.55 bits per heavy atom. The molecule has 0 bridgehead atoms. The van der Waals surface area contributed by atoms with E-state index in [2.05, 4.69) is 53.8 Å². The Labute approximate surface area is 181 Å². The molecule has 5 nitrogen and oxygen atoms in total. The van der Waals surface area contributed by atoms with Crippen LogP contribution in [0.4, 0.5) is 5.82 Å². The Morgan fingerprint density at radius 3 is 2.13 bits per heavy atom. The molecule has 2 heterocycles. The lowest BCUT2D eigenvalue weighted by molar-refractivity contribution is 0.0697. The van der Waals surface area contributed by atoms with Crippen molar-refractivity contribution in [1.82, 2.24) is 9.78 Å². The molecule has 0 aliphatic carbocycles. The van der Waals surface area contributed by atoms with E-state index in [0.29, 0.717) is 0 Å². The van der Waals surface area contributed by atoms with Crippen molar-refractivity contribution in [2.45, 2.75) is 18.8 Å². The van der Waals surface area contributed by atoms with E-state index >= 15 is 0 Å². The molecular formula is C26H23N3O2. The van der Waals surface area contributed by atoms with Crippen molar-refractivity contribution < 1.29 is 9.90 Å². The minimum absolute atomic E-state index is 0.213. The molecule has 2 N–H and O–H groups in total. The molecular weight excluding hydrogens is 386 g/mol. The second kappa shape index (κ2) is 8.11. The highest BCUT2D eigenvalue weighted by Crippen LogP contribution is 2.34. The van der Waals surface area contributed by atoms with Crippen molar-refractivity contribution in [3.63, 3.8) is 0 Å². The fourth-order valence-corrected chi connectivity index (χ4v) is 4.33. The smallest absolute Gasteiger partial charge is 0.335 e. The molecule has 0 unspecified atom stereocenters. The summed E-state index contributed by atoms with van der Waals surface area (Å²) in [5.41, 5.74) is 6.01. The maximum absolute atomic E-state index is 11.2. The highest BCUT2D eigenvalue weighted by atomic mass is 16.4. The number of carbonyl (C=O) groups is 1. The molecule has 5 rings (SSSR count). The Bertz CT molecular complexity index is 1160. The first-order chi connectivity index (χ1) is 15.2. The van der Waals surface area contributed by atoms with Crippen LogP contribution in [0.15, 0.2) is 84.9 Å². The van der Waals surface area contributed by atoms with Gasteiger partial charge in [0.25, 0.3) is 0 Å². The third kappa shape index (κ3) is 3.70. The second-order valence-corrected chi connectivity index (χ2v) is 7.79. The lowest BCUT2D eigenvalue weighted by atomic mass is 9.86.